The number of rotatable bonds is 6. The van der Waals surface area contributed by atoms with E-state index in [9.17, 15) is 4.79 Å². The minimum atomic E-state index is 0.149. The van der Waals surface area contributed by atoms with E-state index in [1.54, 1.807) is 11.8 Å². The predicted octanol–water partition coefficient (Wildman–Crippen LogP) is 2.91. The van der Waals surface area contributed by atoms with Crippen LogP contribution < -0.4 is 0 Å². The van der Waals surface area contributed by atoms with E-state index in [4.69, 9.17) is 0 Å². The lowest BCUT2D eigenvalue weighted by Crippen LogP contribution is -2.06. The van der Waals surface area contributed by atoms with E-state index >= 15 is 0 Å². The number of tetrazole rings is 1. The zero-order valence-corrected chi connectivity index (χ0v) is 13.6. The molecule has 118 valence electrons. The number of aromatic amines is 1. The van der Waals surface area contributed by atoms with Crippen molar-refractivity contribution in [3.05, 3.63) is 41.3 Å². The van der Waals surface area contributed by atoms with Gasteiger partial charge in [0.2, 0.25) is 0 Å². The van der Waals surface area contributed by atoms with Crippen molar-refractivity contribution in [2.45, 2.75) is 31.6 Å². The summed E-state index contributed by atoms with van der Waals surface area (Å²) in [6.45, 7) is 1.95. The summed E-state index contributed by atoms with van der Waals surface area (Å²) in [5.41, 5.74) is 2.74. The average molecular weight is 327 g/mol. The molecule has 1 saturated carbocycles. The quantitative estimate of drug-likeness (QED) is 0.704. The molecule has 6 nitrogen and oxygen atoms in total. The topological polar surface area (TPSA) is 76.5 Å². The molecule has 0 unspecified atom stereocenters. The maximum absolute atomic E-state index is 12.6. The van der Waals surface area contributed by atoms with Gasteiger partial charge in [-0.1, -0.05) is 18.2 Å². The molecule has 1 aromatic carbocycles. The number of carbonyl (C=O) groups excluding carboxylic acids is 1. The van der Waals surface area contributed by atoms with E-state index in [0.29, 0.717) is 17.5 Å². The Balaban J connectivity index is 1.45. The lowest BCUT2D eigenvalue weighted by atomic mass is 10.1. The summed E-state index contributed by atoms with van der Waals surface area (Å²) in [4.78, 5) is 15.9. The van der Waals surface area contributed by atoms with Gasteiger partial charge in [-0.25, -0.2) is 4.68 Å². The first-order chi connectivity index (χ1) is 11.2. The van der Waals surface area contributed by atoms with Crippen molar-refractivity contribution in [1.29, 1.82) is 0 Å². The fraction of sp³-hybridized carbons (Fsp3) is 0.375. The molecule has 0 saturated heterocycles. The molecule has 0 atom stereocenters. The highest BCUT2D eigenvalue weighted by atomic mass is 32.2. The number of nitrogens with one attached hydrogen (secondary N) is 1. The normalized spacial score (nSPS) is 14.5. The molecule has 0 aliphatic heterocycles. The van der Waals surface area contributed by atoms with Crippen LogP contribution in [0.1, 0.15) is 40.8 Å². The number of H-pyrrole nitrogens is 1. The Bertz CT molecular complexity index is 864. The van der Waals surface area contributed by atoms with Crippen LogP contribution in [0.4, 0.5) is 0 Å². The second kappa shape index (κ2) is 5.81. The van der Waals surface area contributed by atoms with Crippen LogP contribution in [0.15, 0.2) is 24.3 Å². The Morgan fingerprint density at radius 2 is 2.22 bits per heavy atom. The van der Waals surface area contributed by atoms with Gasteiger partial charge in [0.05, 0.1) is 17.5 Å². The summed E-state index contributed by atoms with van der Waals surface area (Å²) >= 11 is 1.57. The standard InChI is InChI=1S/C16H17N5OS/c1-10-16(12-4-2-3-5-13(12)17-10)14(22)8-23-9-15-18-19-20-21(15)11-6-7-11/h2-5,11,17H,6-9H2,1H3. The maximum Gasteiger partial charge on any atom is 0.175 e. The van der Waals surface area contributed by atoms with Crippen LogP contribution >= 0.6 is 11.8 Å². The molecule has 1 aliphatic rings. The smallest absolute Gasteiger partial charge is 0.175 e. The second-order valence-electron chi connectivity index (χ2n) is 5.86. The number of nitrogens with zero attached hydrogens (tertiary/aromatic N) is 4. The summed E-state index contributed by atoms with van der Waals surface area (Å²) in [5, 5.41) is 12.8. The SMILES string of the molecule is Cc1[nH]c2ccccc2c1C(=O)CSCc1nnnn1C1CC1. The van der Waals surface area contributed by atoms with Crippen molar-refractivity contribution in [3.8, 4) is 0 Å². The molecular weight excluding hydrogens is 310 g/mol. The number of aromatic nitrogens is 5. The van der Waals surface area contributed by atoms with E-state index in [-0.39, 0.29) is 5.78 Å². The fourth-order valence-corrected chi connectivity index (χ4v) is 3.66. The van der Waals surface area contributed by atoms with Crippen molar-refractivity contribution in [2.75, 3.05) is 5.75 Å². The molecule has 2 heterocycles. The van der Waals surface area contributed by atoms with Gasteiger partial charge in [-0.05, 0) is 36.3 Å². The molecule has 7 heteroatoms. The minimum Gasteiger partial charge on any atom is -0.358 e. The highest BCUT2D eigenvalue weighted by molar-refractivity contribution is 7.99. The van der Waals surface area contributed by atoms with Crippen molar-refractivity contribution in [2.24, 2.45) is 0 Å². The van der Waals surface area contributed by atoms with Crippen molar-refractivity contribution < 1.29 is 4.79 Å². The highest BCUT2D eigenvalue weighted by Gasteiger charge is 2.27. The number of carbonyl (C=O) groups is 1. The van der Waals surface area contributed by atoms with Gasteiger partial charge in [-0.15, -0.1) is 16.9 Å². The van der Waals surface area contributed by atoms with Crippen molar-refractivity contribution in [3.63, 3.8) is 0 Å². The molecule has 4 rings (SSSR count). The van der Waals surface area contributed by atoms with Crippen LogP contribution in [-0.4, -0.2) is 36.7 Å². The Morgan fingerprint density at radius 3 is 3.04 bits per heavy atom. The van der Waals surface area contributed by atoms with Crippen molar-refractivity contribution in [1.82, 2.24) is 25.2 Å². The third-order valence-corrected chi connectivity index (χ3v) is 5.02. The molecule has 0 bridgehead atoms. The van der Waals surface area contributed by atoms with Gasteiger partial charge >= 0.3 is 0 Å². The predicted molar refractivity (Wildman–Crippen MR) is 89.6 cm³/mol. The molecule has 0 spiro atoms. The molecule has 23 heavy (non-hydrogen) atoms. The highest BCUT2D eigenvalue weighted by Crippen LogP contribution is 2.35. The van der Waals surface area contributed by atoms with Gasteiger partial charge in [0, 0.05) is 22.2 Å². The number of benzene rings is 1. The summed E-state index contributed by atoms with van der Waals surface area (Å²) in [7, 11) is 0. The van der Waals surface area contributed by atoms with Crippen LogP contribution in [0.3, 0.4) is 0 Å². The first kappa shape index (κ1) is 14.4. The molecule has 1 aliphatic carbocycles. The van der Waals surface area contributed by atoms with Gasteiger partial charge in [-0.2, -0.15) is 0 Å². The Hall–Kier alpha value is -2.15. The Kier molecular flexibility index (Phi) is 3.65. The van der Waals surface area contributed by atoms with Crippen molar-refractivity contribution >= 4 is 28.4 Å². The third kappa shape index (κ3) is 2.76. The lowest BCUT2D eigenvalue weighted by Gasteiger charge is -2.03. The summed E-state index contributed by atoms with van der Waals surface area (Å²) in [6.07, 6.45) is 2.30. The fourth-order valence-electron chi connectivity index (χ4n) is 2.85. The summed E-state index contributed by atoms with van der Waals surface area (Å²) < 4.78 is 1.90. The number of thioether (sulfide) groups is 1. The molecule has 1 fully saturated rings. The number of aryl methyl sites for hydroxylation is 1. The lowest BCUT2D eigenvalue weighted by molar-refractivity contribution is 0.102. The number of ketones is 1. The van der Waals surface area contributed by atoms with Crippen LogP contribution in [0.25, 0.3) is 10.9 Å². The zero-order valence-electron chi connectivity index (χ0n) is 12.8. The van der Waals surface area contributed by atoms with E-state index < -0.39 is 0 Å². The minimum absolute atomic E-state index is 0.149. The molecular formula is C16H17N5OS. The van der Waals surface area contributed by atoms with Crippen LogP contribution in [0.5, 0.6) is 0 Å². The number of hydrogen-bond acceptors (Lipinski definition) is 5. The summed E-state index contributed by atoms with van der Waals surface area (Å²) in [5.74, 6) is 2.10. The number of hydrogen-bond donors (Lipinski definition) is 1. The molecule has 0 radical (unpaired) electrons. The zero-order chi connectivity index (χ0) is 15.8. The molecule has 2 aromatic heterocycles. The Morgan fingerprint density at radius 1 is 1.39 bits per heavy atom. The van der Waals surface area contributed by atoms with Gasteiger partial charge < -0.3 is 4.98 Å². The largest absolute Gasteiger partial charge is 0.358 e. The first-order valence-corrected chi connectivity index (χ1v) is 8.84. The molecule has 0 amide bonds. The first-order valence-electron chi connectivity index (χ1n) is 7.69. The van der Waals surface area contributed by atoms with Gasteiger partial charge in [0.25, 0.3) is 0 Å². The van der Waals surface area contributed by atoms with E-state index in [0.717, 1.165) is 40.8 Å². The molecule has 1 N–H and O–H groups in total. The monoisotopic (exact) mass is 327 g/mol. The second-order valence-corrected chi connectivity index (χ2v) is 6.84. The third-order valence-electron chi connectivity index (χ3n) is 4.09. The number of Topliss-reactive ketones (excluding diaryl/α,β-unsaturated/α-hetero) is 1. The molecule has 3 aromatic rings. The van der Waals surface area contributed by atoms with Crippen LogP contribution in [0, 0.1) is 6.92 Å². The van der Waals surface area contributed by atoms with Crippen LogP contribution in [0.2, 0.25) is 0 Å². The van der Waals surface area contributed by atoms with E-state index in [2.05, 4.69) is 20.5 Å². The Labute approximate surface area is 137 Å². The van der Waals surface area contributed by atoms with E-state index in [1.807, 2.05) is 35.9 Å². The van der Waals surface area contributed by atoms with Gasteiger partial charge in [0.1, 0.15) is 0 Å². The summed E-state index contributed by atoms with van der Waals surface area (Å²) in [6, 6.07) is 8.38. The van der Waals surface area contributed by atoms with E-state index in [1.165, 1.54) is 0 Å². The maximum atomic E-state index is 12.6. The average Bonchev–Trinajstić information content (AvgIpc) is 3.18. The van der Waals surface area contributed by atoms with Gasteiger partial charge in [-0.3, -0.25) is 4.79 Å². The van der Waals surface area contributed by atoms with Crippen LogP contribution in [-0.2, 0) is 5.75 Å². The number of para-hydroxylation sites is 1. The van der Waals surface area contributed by atoms with Gasteiger partial charge in [0.15, 0.2) is 11.6 Å². The number of fused-ring (bicyclic) bond motifs is 1.